The molecular weight excluding hydrogens is 289 g/mol. The van der Waals surface area contributed by atoms with E-state index in [-0.39, 0.29) is 21.4 Å². The Balaban J connectivity index is 2.22. The van der Waals surface area contributed by atoms with E-state index in [0.717, 1.165) is 31.4 Å². The maximum atomic E-state index is 13.2. The van der Waals surface area contributed by atoms with Crippen molar-refractivity contribution in [2.45, 2.75) is 44.0 Å². The minimum absolute atomic E-state index is 0.0335. The van der Waals surface area contributed by atoms with Gasteiger partial charge >= 0.3 is 0 Å². The minimum Gasteiger partial charge on any atom is -0.208 e. The van der Waals surface area contributed by atoms with Crippen molar-refractivity contribution in [1.82, 2.24) is 4.72 Å². The van der Waals surface area contributed by atoms with E-state index in [0.29, 0.717) is 0 Å². The lowest BCUT2D eigenvalue weighted by Crippen LogP contribution is -2.33. The number of benzene rings is 1. The van der Waals surface area contributed by atoms with Crippen LogP contribution in [0.1, 0.15) is 33.1 Å². The van der Waals surface area contributed by atoms with Crippen LogP contribution in [-0.2, 0) is 10.0 Å². The van der Waals surface area contributed by atoms with Crippen molar-refractivity contribution >= 4 is 21.6 Å². The predicted molar refractivity (Wildman–Crippen MR) is 73.2 cm³/mol. The van der Waals surface area contributed by atoms with Crippen LogP contribution >= 0.6 is 11.6 Å². The van der Waals surface area contributed by atoms with Crippen LogP contribution < -0.4 is 4.72 Å². The van der Waals surface area contributed by atoms with E-state index < -0.39 is 15.8 Å². The normalized spacial score (nSPS) is 22.6. The van der Waals surface area contributed by atoms with Gasteiger partial charge in [0.15, 0.2) is 0 Å². The van der Waals surface area contributed by atoms with Gasteiger partial charge in [0, 0.05) is 6.04 Å². The highest BCUT2D eigenvalue weighted by molar-refractivity contribution is 7.89. The fraction of sp³-hybridized carbons (Fsp3) is 0.538. The molecule has 1 aliphatic carbocycles. The molecule has 3 nitrogen and oxygen atoms in total. The first-order valence-corrected chi connectivity index (χ1v) is 8.03. The van der Waals surface area contributed by atoms with Crippen LogP contribution in [0.25, 0.3) is 0 Å². The second kappa shape index (κ2) is 5.04. The lowest BCUT2D eigenvalue weighted by Gasteiger charge is -2.18. The van der Waals surface area contributed by atoms with Gasteiger partial charge in [-0.25, -0.2) is 17.5 Å². The van der Waals surface area contributed by atoms with Gasteiger partial charge in [0.25, 0.3) is 0 Å². The highest BCUT2D eigenvalue weighted by Gasteiger charge is 2.34. The van der Waals surface area contributed by atoms with E-state index in [1.807, 2.05) is 0 Å². The average molecular weight is 306 g/mol. The molecule has 1 N–H and O–H groups in total. The van der Waals surface area contributed by atoms with Gasteiger partial charge in [0.05, 0.1) is 5.02 Å². The maximum Gasteiger partial charge on any atom is 0.242 e. The van der Waals surface area contributed by atoms with Gasteiger partial charge in [-0.3, -0.25) is 0 Å². The summed E-state index contributed by atoms with van der Waals surface area (Å²) in [5, 5.41) is 0.0335. The molecule has 0 heterocycles. The van der Waals surface area contributed by atoms with Crippen molar-refractivity contribution in [3.05, 3.63) is 29.0 Å². The summed E-state index contributed by atoms with van der Waals surface area (Å²) < 4.78 is 40.2. The highest BCUT2D eigenvalue weighted by atomic mass is 35.5. The number of nitrogens with one attached hydrogen (secondary N) is 1. The quantitative estimate of drug-likeness (QED) is 0.931. The Kier molecular flexibility index (Phi) is 3.91. The van der Waals surface area contributed by atoms with Crippen LogP contribution in [0.4, 0.5) is 4.39 Å². The van der Waals surface area contributed by atoms with Crippen LogP contribution in [0.2, 0.25) is 5.02 Å². The molecule has 1 saturated carbocycles. The molecule has 0 saturated heterocycles. The van der Waals surface area contributed by atoms with Crippen molar-refractivity contribution in [3.8, 4) is 0 Å². The first-order valence-electron chi connectivity index (χ1n) is 6.17. The van der Waals surface area contributed by atoms with Gasteiger partial charge < -0.3 is 0 Å². The highest BCUT2D eigenvalue weighted by Crippen LogP contribution is 2.37. The lowest BCUT2D eigenvalue weighted by molar-refractivity contribution is 0.372. The largest absolute Gasteiger partial charge is 0.242 e. The van der Waals surface area contributed by atoms with Crippen molar-refractivity contribution < 1.29 is 12.8 Å². The van der Waals surface area contributed by atoms with Gasteiger partial charge in [-0.2, -0.15) is 0 Å². The molecule has 1 aliphatic rings. The van der Waals surface area contributed by atoms with Crippen LogP contribution in [0.15, 0.2) is 23.1 Å². The summed E-state index contributed by atoms with van der Waals surface area (Å²) in [7, 11) is -3.77. The summed E-state index contributed by atoms with van der Waals surface area (Å²) in [5.41, 5.74) is 0.138. The molecule has 19 heavy (non-hydrogen) atoms. The number of rotatable bonds is 3. The second-order valence-electron chi connectivity index (χ2n) is 5.80. The zero-order valence-electron chi connectivity index (χ0n) is 10.9. The maximum absolute atomic E-state index is 13.2. The van der Waals surface area contributed by atoms with Crippen molar-refractivity contribution in [3.63, 3.8) is 0 Å². The molecule has 0 bridgehead atoms. The third kappa shape index (κ3) is 3.46. The summed E-state index contributed by atoms with van der Waals surface area (Å²) in [6, 6.07) is 3.23. The van der Waals surface area contributed by atoms with Gasteiger partial charge in [-0.15, -0.1) is 0 Å². The Morgan fingerprint density at radius 2 is 2.11 bits per heavy atom. The van der Waals surface area contributed by atoms with Gasteiger partial charge in [-0.05, 0) is 42.9 Å². The molecule has 0 aliphatic heterocycles. The molecule has 0 spiro atoms. The number of halogens is 2. The SMILES string of the molecule is CC1(C)CCC(NS(=O)(=O)c2cc(F)ccc2Cl)C1. The Morgan fingerprint density at radius 3 is 2.68 bits per heavy atom. The average Bonchev–Trinajstić information content (AvgIpc) is 2.60. The van der Waals surface area contributed by atoms with Crippen molar-refractivity contribution in [2.75, 3.05) is 0 Å². The molecule has 6 heteroatoms. The monoisotopic (exact) mass is 305 g/mol. The number of hydrogen-bond acceptors (Lipinski definition) is 2. The summed E-state index contributed by atoms with van der Waals surface area (Å²) in [5.74, 6) is -0.614. The summed E-state index contributed by atoms with van der Waals surface area (Å²) >= 11 is 5.84. The standard InChI is InChI=1S/C13H17ClFNO2S/c1-13(2)6-5-10(8-13)16-19(17,18)12-7-9(15)3-4-11(12)14/h3-4,7,10,16H,5-6,8H2,1-2H3. The fourth-order valence-corrected chi connectivity index (χ4v) is 4.28. The lowest BCUT2D eigenvalue weighted by atomic mass is 9.92. The molecule has 2 rings (SSSR count). The molecular formula is C13H17ClFNO2S. The van der Waals surface area contributed by atoms with Gasteiger partial charge in [-0.1, -0.05) is 25.4 Å². The second-order valence-corrected chi connectivity index (χ2v) is 7.89. The summed E-state index contributed by atoms with van der Waals surface area (Å²) in [6.45, 7) is 4.22. The molecule has 106 valence electrons. The minimum atomic E-state index is -3.77. The van der Waals surface area contributed by atoms with E-state index >= 15 is 0 Å². The van der Waals surface area contributed by atoms with E-state index in [4.69, 9.17) is 11.6 Å². The van der Waals surface area contributed by atoms with E-state index in [2.05, 4.69) is 18.6 Å². The first-order chi connectivity index (χ1) is 8.70. The zero-order chi connectivity index (χ0) is 14.3. The molecule has 0 aromatic heterocycles. The summed E-state index contributed by atoms with van der Waals surface area (Å²) in [4.78, 5) is -0.195. The molecule has 1 aromatic carbocycles. The van der Waals surface area contributed by atoms with E-state index in [1.54, 1.807) is 0 Å². The van der Waals surface area contributed by atoms with Crippen LogP contribution in [0, 0.1) is 11.2 Å². The third-order valence-electron chi connectivity index (χ3n) is 3.47. The molecule has 0 amide bonds. The van der Waals surface area contributed by atoms with E-state index in [9.17, 15) is 12.8 Å². The molecule has 1 unspecified atom stereocenters. The van der Waals surface area contributed by atoms with Gasteiger partial charge in [0.2, 0.25) is 10.0 Å². The van der Waals surface area contributed by atoms with Gasteiger partial charge in [0.1, 0.15) is 10.7 Å². The number of sulfonamides is 1. The fourth-order valence-electron chi connectivity index (χ4n) is 2.50. The van der Waals surface area contributed by atoms with E-state index in [1.165, 1.54) is 6.07 Å². The summed E-state index contributed by atoms with van der Waals surface area (Å²) in [6.07, 6.45) is 2.54. The molecule has 1 atom stereocenters. The Labute approximate surface area is 118 Å². The Morgan fingerprint density at radius 1 is 1.42 bits per heavy atom. The Bertz CT molecular complexity index is 586. The van der Waals surface area contributed by atoms with Crippen LogP contribution in [0.3, 0.4) is 0 Å². The van der Waals surface area contributed by atoms with Crippen LogP contribution in [0.5, 0.6) is 0 Å². The topological polar surface area (TPSA) is 46.2 Å². The Hall–Kier alpha value is -0.650. The number of hydrogen-bond donors (Lipinski definition) is 1. The van der Waals surface area contributed by atoms with Crippen LogP contribution in [-0.4, -0.2) is 14.5 Å². The molecule has 1 aromatic rings. The molecule has 1 fully saturated rings. The van der Waals surface area contributed by atoms with Crippen molar-refractivity contribution in [2.24, 2.45) is 5.41 Å². The predicted octanol–water partition coefficient (Wildman–Crippen LogP) is 3.34. The smallest absolute Gasteiger partial charge is 0.208 e. The van der Waals surface area contributed by atoms with Crippen molar-refractivity contribution in [1.29, 1.82) is 0 Å². The molecule has 0 radical (unpaired) electrons. The third-order valence-corrected chi connectivity index (χ3v) is 5.48. The first kappa shape index (κ1) is 14.8. The zero-order valence-corrected chi connectivity index (χ0v) is 12.5.